The summed E-state index contributed by atoms with van der Waals surface area (Å²) in [4.78, 5) is 17.8. The molecule has 1 saturated heterocycles. The Bertz CT molecular complexity index is 967. The van der Waals surface area contributed by atoms with Gasteiger partial charge in [0, 0.05) is 31.2 Å². The minimum absolute atomic E-state index is 0.0612. The molecular formula is C27H29ClN2O. The Labute approximate surface area is 190 Å². The molecule has 0 aromatic heterocycles. The lowest BCUT2D eigenvalue weighted by molar-refractivity contribution is -0.134. The highest BCUT2D eigenvalue weighted by Gasteiger charge is 2.31. The van der Waals surface area contributed by atoms with Crippen molar-refractivity contribution >= 4 is 17.5 Å². The summed E-state index contributed by atoms with van der Waals surface area (Å²) in [6.45, 7) is 5.29. The van der Waals surface area contributed by atoms with Crippen molar-refractivity contribution in [1.82, 2.24) is 9.80 Å². The maximum absolute atomic E-state index is 13.3. The third-order valence-electron chi connectivity index (χ3n) is 6.20. The van der Waals surface area contributed by atoms with E-state index in [-0.39, 0.29) is 17.9 Å². The number of nitrogens with zero attached hydrogens (tertiary/aromatic N) is 2. The second-order valence-electron chi connectivity index (χ2n) is 8.10. The third kappa shape index (κ3) is 5.00. The first-order valence-corrected chi connectivity index (χ1v) is 11.4. The van der Waals surface area contributed by atoms with Crippen molar-refractivity contribution in [2.45, 2.75) is 25.3 Å². The number of piperazine rings is 1. The summed E-state index contributed by atoms with van der Waals surface area (Å²) in [6, 6.07) is 29.0. The van der Waals surface area contributed by atoms with Gasteiger partial charge in [0.25, 0.3) is 0 Å². The van der Waals surface area contributed by atoms with Crippen molar-refractivity contribution in [3.05, 3.63) is 107 Å². The van der Waals surface area contributed by atoms with Gasteiger partial charge in [-0.15, -0.1) is 0 Å². The Morgan fingerprint density at radius 2 is 1.29 bits per heavy atom. The quantitative estimate of drug-likeness (QED) is 0.493. The Balaban J connectivity index is 1.50. The van der Waals surface area contributed by atoms with Crippen molar-refractivity contribution in [1.29, 1.82) is 0 Å². The van der Waals surface area contributed by atoms with E-state index in [4.69, 9.17) is 11.6 Å². The number of rotatable bonds is 6. The number of carbonyl (C=O) groups excluding carboxylic acids is 1. The topological polar surface area (TPSA) is 23.6 Å². The molecular weight excluding hydrogens is 404 g/mol. The van der Waals surface area contributed by atoms with Gasteiger partial charge in [-0.25, -0.2) is 0 Å². The molecule has 4 rings (SSSR count). The summed E-state index contributed by atoms with van der Waals surface area (Å²) in [5.41, 5.74) is 3.60. The number of hydrogen-bond donors (Lipinski definition) is 0. The summed E-state index contributed by atoms with van der Waals surface area (Å²) >= 11 is 6.14. The van der Waals surface area contributed by atoms with Crippen LogP contribution in [-0.2, 0) is 4.79 Å². The normalized spacial score (nSPS) is 16.6. The van der Waals surface area contributed by atoms with Crippen molar-refractivity contribution in [3.8, 4) is 0 Å². The Hall–Kier alpha value is -2.62. The van der Waals surface area contributed by atoms with Gasteiger partial charge in [-0.3, -0.25) is 9.69 Å². The van der Waals surface area contributed by atoms with Crippen LogP contribution in [0.5, 0.6) is 0 Å². The van der Waals surface area contributed by atoms with E-state index in [0.717, 1.165) is 43.2 Å². The summed E-state index contributed by atoms with van der Waals surface area (Å²) < 4.78 is 0. The molecule has 1 fully saturated rings. The molecule has 2 atom stereocenters. The first-order valence-electron chi connectivity index (χ1n) is 11.1. The fourth-order valence-corrected chi connectivity index (χ4v) is 4.68. The van der Waals surface area contributed by atoms with Crippen LogP contribution in [0.4, 0.5) is 0 Å². The Morgan fingerprint density at radius 3 is 1.84 bits per heavy atom. The number of carbonyl (C=O) groups is 1. The molecule has 0 saturated carbocycles. The first kappa shape index (κ1) is 21.6. The van der Waals surface area contributed by atoms with Gasteiger partial charge in [-0.2, -0.15) is 0 Å². The Morgan fingerprint density at radius 1 is 0.774 bits per heavy atom. The molecule has 3 aromatic rings. The van der Waals surface area contributed by atoms with Gasteiger partial charge in [0.05, 0.1) is 12.0 Å². The molecule has 4 heteroatoms. The van der Waals surface area contributed by atoms with E-state index in [1.807, 2.05) is 41.3 Å². The minimum atomic E-state index is -0.0612. The lowest BCUT2D eigenvalue weighted by Gasteiger charge is -2.40. The second-order valence-corrected chi connectivity index (χ2v) is 8.53. The van der Waals surface area contributed by atoms with Crippen LogP contribution >= 0.6 is 11.6 Å². The lowest BCUT2D eigenvalue weighted by atomic mass is 9.94. The largest absolute Gasteiger partial charge is 0.340 e. The highest BCUT2D eigenvalue weighted by Crippen LogP contribution is 2.31. The van der Waals surface area contributed by atoms with Crippen LogP contribution in [0, 0.1) is 0 Å². The molecule has 0 unspecified atom stereocenters. The fraction of sp³-hybridized carbons (Fsp3) is 0.296. The van der Waals surface area contributed by atoms with Gasteiger partial charge in [0.1, 0.15) is 0 Å². The average Bonchev–Trinajstić information content (AvgIpc) is 2.83. The second kappa shape index (κ2) is 10.1. The monoisotopic (exact) mass is 432 g/mol. The van der Waals surface area contributed by atoms with E-state index in [9.17, 15) is 4.79 Å². The number of amides is 1. The highest BCUT2D eigenvalue weighted by atomic mass is 35.5. The third-order valence-corrected chi connectivity index (χ3v) is 6.45. The van der Waals surface area contributed by atoms with Gasteiger partial charge < -0.3 is 4.90 Å². The minimum Gasteiger partial charge on any atom is -0.340 e. The molecule has 3 nitrogen and oxygen atoms in total. The standard InChI is InChI=1S/C27H29ClN2O/c1-2-25(21-9-5-3-6-10-21)27(31)30-19-17-29(18-20-30)26(22-11-7-4-8-12-22)23-13-15-24(28)16-14-23/h3-16,25-26H,2,17-20H2,1H3/t25-,26-/m0/s1. The smallest absolute Gasteiger partial charge is 0.230 e. The maximum atomic E-state index is 13.3. The van der Waals surface area contributed by atoms with Crippen molar-refractivity contribution in [2.75, 3.05) is 26.2 Å². The van der Waals surface area contributed by atoms with Crippen LogP contribution < -0.4 is 0 Å². The van der Waals surface area contributed by atoms with Crippen molar-refractivity contribution in [2.24, 2.45) is 0 Å². The van der Waals surface area contributed by atoms with Crippen molar-refractivity contribution in [3.63, 3.8) is 0 Å². The zero-order chi connectivity index (χ0) is 21.6. The first-order chi connectivity index (χ1) is 15.2. The maximum Gasteiger partial charge on any atom is 0.230 e. The molecule has 0 spiro atoms. The molecule has 160 valence electrons. The van der Waals surface area contributed by atoms with Gasteiger partial charge in [0.2, 0.25) is 5.91 Å². The van der Waals surface area contributed by atoms with E-state index >= 15 is 0 Å². The molecule has 31 heavy (non-hydrogen) atoms. The number of benzene rings is 3. The molecule has 0 radical (unpaired) electrons. The summed E-state index contributed by atoms with van der Waals surface area (Å²) in [5.74, 6) is 0.185. The molecule has 3 aromatic carbocycles. The van der Waals surface area contributed by atoms with Crippen LogP contribution in [0.15, 0.2) is 84.9 Å². The summed E-state index contributed by atoms with van der Waals surface area (Å²) in [5, 5.41) is 0.748. The van der Waals surface area contributed by atoms with E-state index < -0.39 is 0 Å². The average molecular weight is 433 g/mol. The molecule has 1 heterocycles. The summed E-state index contributed by atoms with van der Waals surface area (Å²) in [6.07, 6.45) is 0.820. The molecule has 1 amide bonds. The number of hydrogen-bond acceptors (Lipinski definition) is 2. The SMILES string of the molecule is CC[C@H](C(=O)N1CCN([C@@H](c2ccccc2)c2ccc(Cl)cc2)CC1)c1ccccc1. The van der Waals surface area contributed by atoms with E-state index in [0.29, 0.717) is 0 Å². The van der Waals surface area contributed by atoms with Crippen LogP contribution in [0.2, 0.25) is 5.02 Å². The zero-order valence-corrected chi connectivity index (χ0v) is 18.7. The van der Waals surface area contributed by atoms with E-state index in [1.165, 1.54) is 11.1 Å². The van der Waals surface area contributed by atoms with Gasteiger partial charge >= 0.3 is 0 Å². The molecule has 1 aliphatic heterocycles. The van der Waals surface area contributed by atoms with Crippen LogP contribution in [0.1, 0.15) is 42.0 Å². The van der Waals surface area contributed by atoms with Crippen LogP contribution in [0.3, 0.4) is 0 Å². The summed E-state index contributed by atoms with van der Waals surface area (Å²) in [7, 11) is 0. The molecule has 1 aliphatic rings. The van der Waals surface area contributed by atoms with Gasteiger partial charge in [-0.1, -0.05) is 91.3 Å². The lowest BCUT2D eigenvalue weighted by Crippen LogP contribution is -2.51. The highest BCUT2D eigenvalue weighted by molar-refractivity contribution is 6.30. The molecule has 0 N–H and O–H groups in total. The van der Waals surface area contributed by atoms with Crippen LogP contribution in [-0.4, -0.2) is 41.9 Å². The van der Waals surface area contributed by atoms with E-state index in [2.05, 4.69) is 60.4 Å². The number of halogens is 1. The molecule has 0 bridgehead atoms. The predicted molar refractivity (Wildman–Crippen MR) is 127 cm³/mol. The zero-order valence-electron chi connectivity index (χ0n) is 18.0. The van der Waals surface area contributed by atoms with Crippen molar-refractivity contribution < 1.29 is 4.79 Å². The van der Waals surface area contributed by atoms with Gasteiger partial charge in [0.15, 0.2) is 0 Å². The van der Waals surface area contributed by atoms with Crippen LogP contribution in [0.25, 0.3) is 0 Å². The van der Waals surface area contributed by atoms with Gasteiger partial charge in [-0.05, 0) is 35.2 Å². The molecule has 0 aliphatic carbocycles. The predicted octanol–water partition coefficient (Wildman–Crippen LogP) is 5.77. The fourth-order valence-electron chi connectivity index (χ4n) is 4.55. The Kier molecular flexibility index (Phi) is 7.06. The van der Waals surface area contributed by atoms with E-state index in [1.54, 1.807) is 0 Å².